The van der Waals surface area contributed by atoms with Gasteiger partial charge in [-0.05, 0) is 44.2 Å². The van der Waals surface area contributed by atoms with Crippen LogP contribution in [0.1, 0.15) is 38.1 Å². The van der Waals surface area contributed by atoms with E-state index in [1.54, 1.807) is 12.1 Å². The molecule has 4 rings (SSSR count). The monoisotopic (exact) mass is 391 g/mol. The van der Waals surface area contributed by atoms with Crippen LogP contribution in [0.4, 0.5) is 11.6 Å². The highest BCUT2D eigenvalue weighted by molar-refractivity contribution is 7.99. The fourth-order valence-corrected chi connectivity index (χ4v) is 4.19. The van der Waals surface area contributed by atoms with Crippen molar-refractivity contribution >= 4 is 40.9 Å². The van der Waals surface area contributed by atoms with Crippen LogP contribution >= 0.6 is 23.4 Å². The van der Waals surface area contributed by atoms with E-state index < -0.39 is 0 Å². The molecule has 0 radical (unpaired) electrons. The highest BCUT2D eigenvalue weighted by Gasteiger charge is 2.32. The van der Waals surface area contributed by atoms with E-state index in [0.29, 0.717) is 16.8 Å². The molecule has 1 N–H and O–H groups in total. The fraction of sp³-hybridized carbons (Fsp3) is 0.500. The maximum Gasteiger partial charge on any atom is 0.234 e. The fourth-order valence-electron chi connectivity index (χ4n) is 3.21. The summed E-state index contributed by atoms with van der Waals surface area (Å²) in [6.45, 7) is 2.09. The first-order valence-corrected chi connectivity index (χ1v) is 10.5. The van der Waals surface area contributed by atoms with Gasteiger partial charge in [-0.3, -0.25) is 9.36 Å². The number of rotatable bonds is 6. The molecule has 1 aromatic carbocycles. The molecule has 1 aromatic heterocycles. The van der Waals surface area contributed by atoms with E-state index in [4.69, 9.17) is 11.6 Å². The normalized spacial score (nSPS) is 17.3. The predicted molar refractivity (Wildman–Crippen MR) is 105 cm³/mol. The summed E-state index contributed by atoms with van der Waals surface area (Å²) in [6, 6.07) is 7.73. The summed E-state index contributed by atoms with van der Waals surface area (Å²) in [6.07, 6.45) is 6.04. The standard InChI is InChI=1S/C18H22ClN5OS/c19-14-6-2-3-7-15(14)20-16(25)12-26-18-22-21-17(24(18)13-8-9-13)23-10-4-1-5-11-23/h2-3,6-7,13H,1,4-5,8-12H2,(H,20,25). The summed E-state index contributed by atoms with van der Waals surface area (Å²) in [5.41, 5.74) is 0.637. The van der Waals surface area contributed by atoms with Gasteiger partial charge in [0.15, 0.2) is 5.16 Å². The molecule has 0 spiro atoms. The van der Waals surface area contributed by atoms with Crippen LogP contribution in [0.3, 0.4) is 0 Å². The molecule has 1 saturated carbocycles. The lowest BCUT2D eigenvalue weighted by molar-refractivity contribution is -0.113. The van der Waals surface area contributed by atoms with Crippen molar-refractivity contribution in [2.75, 3.05) is 29.1 Å². The Kier molecular flexibility index (Phi) is 5.36. The smallest absolute Gasteiger partial charge is 0.234 e. The van der Waals surface area contributed by atoms with Crippen LogP contribution in [-0.2, 0) is 4.79 Å². The zero-order chi connectivity index (χ0) is 17.9. The second-order valence-corrected chi connectivity index (χ2v) is 8.10. The summed E-state index contributed by atoms with van der Waals surface area (Å²) in [5, 5.41) is 13.1. The van der Waals surface area contributed by atoms with Gasteiger partial charge in [-0.25, -0.2) is 0 Å². The number of carbonyl (C=O) groups is 1. The first-order chi connectivity index (χ1) is 12.7. The third kappa shape index (κ3) is 3.99. The predicted octanol–water partition coefficient (Wildman–Crippen LogP) is 3.99. The molecule has 0 bridgehead atoms. The van der Waals surface area contributed by atoms with Gasteiger partial charge in [-0.1, -0.05) is 35.5 Å². The van der Waals surface area contributed by atoms with Gasteiger partial charge in [-0.15, -0.1) is 10.2 Å². The Morgan fingerprint density at radius 1 is 1.19 bits per heavy atom. The molecular formula is C18H22ClN5OS. The number of hydrogen-bond donors (Lipinski definition) is 1. The highest BCUT2D eigenvalue weighted by Crippen LogP contribution is 2.41. The molecule has 1 saturated heterocycles. The Hall–Kier alpha value is -1.73. The quantitative estimate of drug-likeness (QED) is 0.754. The number of halogens is 1. The van der Waals surface area contributed by atoms with Crippen molar-refractivity contribution in [1.82, 2.24) is 14.8 Å². The van der Waals surface area contributed by atoms with Gasteiger partial charge in [0.1, 0.15) is 0 Å². The van der Waals surface area contributed by atoms with Crippen molar-refractivity contribution in [3.05, 3.63) is 29.3 Å². The minimum atomic E-state index is -0.0898. The third-order valence-electron chi connectivity index (χ3n) is 4.68. The molecule has 0 unspecified atom stereocenters. The number of piperidine rings is 1. The zero-order valence-corrected chi connectivity index (χ0v) is 16.1. The lowest BCUT2D eigenvalue weighted by Gasteiger charge is -2.27. The van der Waals surface area contributed by atoms with Gasteiger partial charge in [0.05, 0.1) is 16.5 Å². The molecule has 0 atom stereocenters. The van der Waals surface area contributed by atoms with Crippen LogP contribution in [0, 0.1) is 0 Å². The molecule has 2 aliphatic rings. The maximum absolute atomic E-state index is 12.3. The zero-order valence-electron chi connectivity index (χ0n) is 14.5. The summed E-state index contributed by atoms with van der Waals surface area (Å²) >= 11 is 7.54. The number of anilines is 2. The number of para-hydroxylation sites is 1. The first-order valence-electron chi connectivity index (χ1n) is 9.09. The summed E-state index contributed by atoms with van der Waals surface area (Å²) in [4.78, 5) is 14.6. The molecule has 2 aromatic rings. The number of nitrogens with one attached hydrogen (secondary N) is 1. The molecule has 138 valence electrons. The van der Waals surface area contributed by atoms with Gasteiger partial charge in [0.25, 0.3) is 0 Å². The Morgan fingerprint density at radius 3 is 2.69 bits per heavy atom. The van der Waals surface area contributed by atoms with Gasteiger partial charge < -0.3 is 10.2 Å². The molecule has 26 heavy (non-hydrogen) atoms. The van der Waals surface area contributed by atoms with E-state index in [0.717, 1.165) is 37.0 Å². The van der Waals surface area contributed by atoms with Crippen molar-refractivity contribution in [2.45, 2.75) is 43.3 Å². The molecule has 1 aliphatic heterocycles. The number of carbonyl (C=O) groups excluding carboxylic acids is 1. The number of amides is 1. The van der Waals surface area contributed by atoms with Gasteiger partial charge in [-0.2, -0.15) is 0 Å². The molecule has 1 amide bonds. The van der Waals surface area contributed by atoms with Crippen molar-refractivity contribution in [3.63, 3.8) is 0 Å². The van der Waals surface area contributed by atoms with E-state index >= 15 is 0 Å². The molecule has 8 heteroatoms. The lowest BCUT2D eigenvalue weighted by atomic mass is 10.1. The van der Waals surface area contributed by atoms with E-state index in [1.807, 2.05) is 12.1 Å². The number of nitrogens with zero attached hydrogens (tertiary/aromatic N) is 4. The first kappa shape index (κ1) is 17.7. The van der Waals surface area contributed by atoms with Crippen molar-refractivity contribution < 1.29 is 4.79 Å². The van der Waals surface area contributed by atoms with Crippen LogP contribution in [0.2, 0.25) is 5.02 Å². The topological polar surface area (TPSA) is 63.1 Å². The van der Waals surface area contributed by atoms with Crippen LogP contribution in [-0.4, -0.2) is 39.5 Å². The van der Waals surface area contributed by atoms with Crippen molar-refractivity contribution in [3.8, 4) is 0 Å². The third-order valence-corrected chi connectivity index (χ3v) is 5.95. The van der Waals surface area contributed by atoms with Gasteiger partial charge >= 0.3 is 0 Å². The SMILES string of the molecule is O=C(CSc1nnc(N2CCCCC2)n1C1CC1)Nc1ccccc1Cl. The van der Waals surface area contributed by atoms with E-state index in [2.05, 4.69) is 25.0 Å². The second kappa shape index (κ2) is 7.88. The largest absolute Gasteiger partial charge is 0.341 e. The number of hydrogen-bond acceptors (Lipinski definition) is 5. The van der Waals surface area contributed by atoms with Crippen molar-refractivity contribution in [2.24, 2.45) is 0 Å². The van der Waals surface area contributed by atoms with E-state index in [-0.39, 0.29) is 11.7 Å². The minimum absolute atomic E-state index is 0.0898. The Bertz CT molecular complexity index is 786. The average molecular weight is 392 g/mol. The number of thioether (sulfide) groups is 1. The van der Waals surface area contributed by atoms with Crippen LogP contribution in [0.25, 0.3) is 0 Å². The van der Waals surface area contributed by atoms with Gasteiger partial charge in [0.2, 0.25) is 11.9 Å². The maximum atomic E-state index is 12.3. The van der Waals surface area contributed by atoms with Gasteiger partial charge in [0, 0.05) is 19.1 Å². The van der Waals surface area contributed by atoms with Crippen LogP contribution in [0.15, 0.2) is 29.4 Å². The average Bonchev–Trinajstić information content (AvgIpc) is 3.42. The lowest BCUT2D eigenvalue weighted by Crippen LogP contribution is -2.32. The number of benzene rings is 1. The Balaban J connectivity index is 1.42. The van der Waals surface area contributed by atoms with Crippen LogP contribution < -0.4 is 10.2 Å². The second-order valence-electron chi connectivity index (χ2n) is 6.75. The highest BCUT2D eigenvalue weighted by atomic mass is 35.5. The minimum Gasteiger partial charge on any atom is -0.341 e. The molecule has 1 aliphatic carbocycles. The van der Waals surface area contributed by atoms with Crippen LogP contribution in [0.5, 0.6) is 0 Å². The summed E-state index contributed by atoms with van der Waals surface area (Å²) < 4.78 is 2.23. The van der Waals surface area contributed by atoms with E-state index in [1.165, 1.54) is 31.0 Å². The molecular weight excluding hydrogens is 370 g/mol. The number of aromatic nitrogens is 3. The molecule has 2 heterocycles. The van der Waals surface area contributed by atoms with E-state index in [9.17, 15) is 4.79 Å². The Labute approximate surface area is 162 Å². The molecule has 2 fully saturated rings. The van der Waals surface area contributed by atoms with Crippen molar-refractivity contribution in [1.29, 1.82) is 0 Å². The summed E-state index contributed by atoms with van der Waals surface area (Å²) in [5.74, 6) is 1.17. The summed E-state index contributed by atoms with van der Waals surface area (Å²) in [7, 11) is 0. The Morgan fingerprint density at radius 2 is 1.96 bits per heavy atom. The molecule has 6 nitrogen and oxygen atoms in total.